The van der Waals surface area contributed by atoms with Gasteiger partial charge in [0.2, 0.25) is 11.8 Å². The number of rotatable bonds is 4. The van der Waals surface area contributed by atoms with E-state index in [0.717, 1.165) is 26.1 Å². The lowest BCUT2D eigenvalue weighted by Gasteiger charge is -2.25. The zero-order valence-electron chi connectivity index (χ0n) is 14.3. The molecule has 1 atom stereocenters. The van der Waals surface area contributed by atoms with E-state index in [0.29, 0.717) is 18.7 Å². The van der Waals surface area contributed by atoms with Gasteiger partial charge in [-0.3, -0.25) is 14.5 Å². The van der Waals surface area contributed by atoms with Crippen LogP contribution >= 0.6 is 0 Å². The van der Waals surface area contributed by atoms with Gasteiger partial charge in [0, 0.05) is 39.6 Å². The van der Waals surface area contributed by atoms with Gasteiger partial charge in [-0.1, -0.05) is 12.1 Å². The van der Waals surface area contributed by atoms with Crippen molar-refractivity contribution in [3.05, 3.63) is 35.4 Å². The predicted octanol–water partition coefficient (Wildman–Crippen LogP) is 1.12. The zero-order valence-corrected chi connectivity index (χ0v) is 14.3. The number of carbonyl (C=O) groups is 2. The van der Waals surface area contributed by atoms with Crippen LogP contribution in [0.1, 0.15) is 31.4 Å². The summed E-state index contributed by atoms with van der Waals surface area (Å²) in [5.41, 5.74) is 1.83. The lowest BCUT2D eigenvalue weighted by molar-refractivity contribution is -0.135. The Balaban J connectivity index is 1.88. The SMILES string of the molecule is CC(=O)NC(C)C(=O)N1CCCN(Cc2ccc(C#N)cc2)CC1. The van der Waals surface area contributed by atoms with Crippen LogP contribution in [0.3, 0.4) is 0 Å². The first kappa shape index (κ1) is 18.0. The van der Waals surface area contributed by atoms with Crippen LogP contribution in [-0.2, 0) is 16.1 Å². The van der Waals surface area contributed by atoms with Gasteiger partial charge in [0.1, 0.15) is 6.04 Å². The number of hydrogen-bond acceptors (Lipinski definition) is 4. The molecular formula is C18H24N4O2. The molecule has 0 bridgehead atoms. The Morgan fingerprint density at radius 3 is 2.54 bits per heavy atom. The molecule has 0 spiro atoms. The Morgan fingerprint density at radius 1 is 1.21 bits per heavy atom. The molecule has 1 saturated heterocycles. The second-order valence-corrected chi connectivity index (χ2v) is 6.19. The van der Waals surface area contributed by atoms with Crippen LogP contribution in [-0.4, -0.2) is 53.8 Å². The number of benzene rings is 1. The van der Waals surface area contributed by atoms with Crippen molar-refractivity contribution in [1.82, 2.24) is 15.1 Å². The topological polar surface area (TPSA) is 76.4 Å². The Hall–Kier alpha value is -2.39. The predicted molar refractivity (Wildman–Crippen MR) is 90.9 cm³/mol. The second-order valence-electron chi connectivity index (χ2n) is 6.19. The summed E-state index contributed by atoms with van der Waals surface area (Å²) in [4.78, 5) is 27.6. The number of carbonyl (C=O) groups excluding carboxylic acids is 2. The van der Waals surface area contributed by atoms with Crippen LogP contribution in [0, 0.1) is 11.3 Å². The Morgan fingerprint density at radius 2 is 1.92 bits per heavy atom. The molecule has 0 saturated carbocycles. The summed E-state index contributed by atoms with van der Waals surface area (Å²) in [5.74, 6) is -0.210. The quantitative estimate of drug-likeness (QED) is 0.898. The number of amides is 2. The highest BCUT2D eigenvalue weighted by atomic mass is 16.2. The molecule has 0 aliphatic carbocycles. The second kappa shape index (κ2) is 8.46. The van der Waals surface area contributed by atoms with Gasteiger partial charge in [0.05, 0.1) is 11.6 Å². The molecule has 2 rings (SSSR count). The zero-order chi connectivity index (χ0) is 17.5. The van der Waals surface area contributed by atoms with E-state index in [2.05, 4.69) is 16.3 Å². The van der Waals surface area contributed by atoms with Crippen molar-refractivity contribution in [2.75, 3.05) is 26.2 Å². The molecule has 1 N–H and O–H groups in total. The van der Waals surface area contributed by atoms with Gasteiger partial charge < -0.3 is 10.2 Å². The first-order valence-electron chi connectivity index (χ1n) is 8.27. The molecule has 2 amide bonds. The lowest BCUT2D eigenvalue weighted by Crippen LogP contribution is -2.47. The molecule has 6 heteroatoms. The van der Waals surface area contributed by atoms with Crippen molar-refractivity contribution in [2.24, 2.45) is 0 Å². The molecule has 6 nitrogen and oxygen atoms in total. The minimum atomic E-state index is -0.479. The average molecular weight is 328 g/mol. The molecule has 128 valence electrons. The summed E-state index contributed by atoms with van der Waals surface area (Å²) in [7, 11) is 0. The van der Waals surface area contributed by atoms with Gasteiger partial charge >= 0.3 is 0 Å². The molecule has 1 unspecified atom stereocenters. The highest BCUT2D eigenvalue weighted by Crippen LogP contribution is 2.11. The van der Waals surface area contributed by atoms with E-state index in [4.69, 9.17) is 5.26 Å². The van der Waals surface area contributed by atoms with Crippen LogP contribution in [0.4, 0.5) is 0 Å². The number of hydrogen-bond donors (Lipinski definition) is 1. The Labute approximate surface area is 143 Å². The van der Waals surface area contributed by atoms with Crippen LogP contribution in [0.15, 0.2) is 24.3 Å². The van der Waals surface area contributed by atoms with Gasteiger partial charge in [0.25, 0.3) is 0 Å². The highest BCUT2D eigenvalue weighted by Gasteiger charge is 2.23. The van der Waals surface area contributed by atoms with E-state index in [-0.39, 0.29) is 11.8 Å². The van der Waals surface area contributed by atoms with Gasteiger partial charge in [-0.05, 0) is 31.0 Å². The number of nitrogens with zero attached hydrogens (tertiary/aromatic N) is 3. The average Bonchev–Trinajstić information content (AvgIpc) is 2.80. The maximum atomic E-state index is 12.4. The smallest absolute Gasteiger partial charge is 0.244 e. The molecule has 24 heavy (non-hydrogen) atoms. The van der Waals surface area contributed by atoms with Crippen molar-refractivity contribution in [1.29, 1.82) is 5.26 Å². The number of nitrogens with one attached hydrogen (secondary N) is 1. The van der Waals surface area contributed by atoms with Gasteiger partial charge in [-0.15, -0.1) is 0 Å². The van der Waals surface area contributed by atoms with E-state index >= 15 is 0 Å². The maximum Gasteiger partial charge on any atom is 0.244 e. The van der Waals surface area contributed by atoms with E-state index in [1.165, 1.54) is 12.5 Å². The monoisotopic (exact) mass is 328 g/mol. The van der Waals surface area contributed by atoms with Crippen molar-refractivity contribution in [3.8, 4) is 6.07 Å². The summed E-state index contributed by atoms with van der Waals surface area (Å²) < 4.78 is 0. The first-order chi connectivity index (χ1) is 11.5. The van der Waals surface area contributed by atoms with Crippen molar-refractivity contribution >= 4 is 11.8 Å². The molecule has 1 aliphatic heterocycles. The third-order valence-electron chi connectivity index (χ3n) is 4.18. The summed E-state index contributed by atoms with van der Waals surface area (Å²) in [6.45, 7) is 7.08. The normalized spacial score (nSPS) is 16.8. The molecule has 0 radical (unpaired) electrons. The van der Waals surface area contributed by atoms with E-state index in [1.54, 1.807) is 6.92 Å². The molecular weight excluding hydrogens is 304 g/mol. The van der Waals surface area contributed by atoms with E-state index in [1.807, 2.05) is 29.2 Å². The first-order valence-corrected chi connectivity index (χ1v) is 8.27. The van der Waals surface area contributed by atoms with Crippen molar-refractivity contribution in [2.45, 2.75) is 32.9 Å². The molecule has 1 aliphatic rings. The highest BCUT2D eigenvalue weighted by molar-refractivity contribution is 5.86. The standard InChI is InChI=1S/C18H24N4O2/c1-14(20-15(2)23)18(24)22-9-3-8-21(10-11-22)13-17-6-4-16(12-19)5-7-17/h4-7,14H,3,8-11,13H2,1-2H3,(H,20,23). The van der Waals surface area contributed by atoms with Gasteiger partial charge in [-0.2, -0.15) is 5.26 Å². The Kier molecular flexibility index (Phi) is 6.33. The van der Waals surface area contributed by atoms with Gasteiger partial charge in [-0.25, -0.2) is 0 Å². The Bertz CT molecular complexity index is 621. The fraction of sp³-hybridized carbons (Fsp3) is 0.500. The van der Waals surface area contributed by atoms with Gasteiger partial charge in [0.15, 0.2) is 0 Å². The summed E-state index contributed by atoms with van der Waals surface area (Å²) in [5, 5.41) is 11.5. The van der Waals surface area contributed by atoms with Crippen molar-refractivity contribution in [3.63, 3.8) is 0 Å². The summed E-state index contributed by atoms with van der Waals surface area (Å²) in [6, 6.07) is 9.26. The summed E-state index contributed by atoms with van der Waals surface area (Å²) in [6.07, 6.45) is 0.912. The van der Waals surface area contributed by atoms with E-state index < -0.39 is 6.04 Å². The van der Waals surface area contributed by atoms with Crippen molar-refractivity contribution < 1.29 is 9.59 Å². The molecule has 1 aromatic carbocycles. The fourth-order valence-corrected chi connectivity index (χ4v) is 2.93. The van der Waals surface area contributed by atoms with Crippen LogP contribution in [0.25, 0.3) is 0 Å². The molecule has 1 aromatic rings. The van der Waals surface area contributed by atoms with Crippen LogP contribution in [0.5, 0.6) is 0 Å². The lowest BCUT2D eigenvalue weighted by atomic mass is 10.1. The fourth-order valence-electron chi connectivity index (χ4n) is 2.93. The molecule has 0 aromatic heterocycles. The minimum Gasteiger partial charge on any atom is -0.345 e. The third kappa shape index (κ3) is 5.07. The third-order valence-corrected chi connectivity index (χ3v) is 4.18. The summed E-state index contributed by atoms with van der Waals surface area (Å²) >= 11 is 0. The van der Waals surface area contributed by atoms with Crippen LogP contribution in [0.2, 0.25) is 0 Å². The maximum absolute atomic E-state index is 12.4. The molecule has 1 fully saturated rings. The largest absolute Gasteiger partial charge is 0.345 e. The number of nitriles is 1. The molecule has 1 heterocycles. The van der Waals surface area contributed by atoms with E-state index in [9.17, 15) is 9.59 Å². The minimum absolute atomic E-state index is 0.0228. The van der Waals surface area contributed by atoms with Crippen LogP contribution < -0.4 is 5.32 Å².